The van der Waals surface area contributed by atoms with E-state index in [9.17, 15) is 19.2 Å². The number of benzene rings is 2. The lowest BCUT2D eigenvalue weighted by molar-refractivity contribution is -0.123. The van der Waals surface area contributed by atoms with E-state index in [1.807, 2.05) is 0 Å². The number of carbonyl (C=O) groups is 4. The Balaban J connectivity index is 1.26. The van der Waals surface area contributed by atoms with Crippen molar-refractivity contribution in [2.75, 3.05) is 11.5 Å². The number of rotatable bonds is 5. The quantitative estimate of drug-likeness (QED) is 0.204. The van der Waals surface area contributed by atoms with E-state index in [2.05, 4.69) is 47.8 Å². The summed E-state index contributed by atoms with van der Waals surface area (Å²) in [6.45, 7) is -0.376. The number of esters is 1. The van der Waals surface area contributed by atoms with Crippen LogP contribution in [-0.4, -0.2) is 39.8 Å². The van der Waals surface area contributed by atoms with Crippen molar-refractivity contribution in [2.24, 2.45) is 23.7 Å². The van der Waals surface area contributed by atoms with E-state index in [0.29, 0.717) is 11.3 Å². The molecule has 2 aliphatic carbocycles. The topological polar surface area (TPSA) is 80.8 Å². The Morgan fingerprint density at radius 2 is 1.36 bits per heavy atom. The highest BCUT2D eigenvalue weighted by Crippen LogP contribution is 2.60. The number of nitrogens with zero attached hydrogens (tertiary/aromatic N) is 1. The number of carbonyl (C=O) groups excluding carboxylic acids is 4. The molecule has 3 aliphatic rings. The predicted molar refractivity (Wildman–Crippen MR) is 132 cm³/mol. The second kappa shape index (κ2) is 8.74. The van der Waals surface area contributed by atoms with Gasteiger partial charge in [0.15, 0.2) is 12.4 Å². The van der Waals surface area contributed by atoms with Crippen molar-refractivity contribution in [1.29, 1.82) is 0 Å². The molecule has 1 aliphatic heterocycles. The van der Waals surface area contributed by atoms with Crippen LogP contribution in [0.4, 0.5) is 5.69 Å². The van der Waals surface area contributed by atoms with Gasteiger partial charge >= 0.3 is 5.97 Å². The first-order valence-corrected chi connectivity index (χ1v) is 13.1. The fraction of sp³-hybridized carbons (Fsp3) is 0.333. The molecule has 2 aromatic rings. The molecule has 170 valence electrons. The Morgan fingerprint density at radius 3 is 1.91 bits per heavy atom. The SMILES string of the molecule is O=C(COC(=O)c1ccc(N2C(=O)[C@@H]3[C@H]4C[C@@H]([C@H](Br)[C@@H]4Br)[C@@H]3C2=O)cc1)c1ccc(Br)cc1. The Hall–Kier alpha value is -1.84. The van der Waals surface area contributed by atoms with Gasteiger partial charge in [-0.25, -0.2) is 4.79 Å². The van der Waals surface area contributed by atoms with Crippen LogP contribution in [0.2, 0.25) is 0 Å². The van der Waals surface area contributed by atoms with Crippen LogP contribution in [0.25, 0.3) is 0 Å². The van der Waals surface area contributed by atoms with E-state index in [1.165, 1.54) is 17.0 Å². The molecule has 1 saturated heterocycles. The summed E-state index contributed by atoms with van der Waals surface area (Å²) in [5.41, 5.74) is 1.13. The van der Waals surface area contributed by atoms with Crippen LogP contribution in [0.15, 0.2) is 53.0 Å². The van der Waals surface area contributed by atoms with Crippen LogP contribution in [0, 0.1) is 23.7 Å². The smallest absolute Gasteiger partial charge is 0.338 e. The number of imide groups is 1. The third kappa shape index (κ3) is 3.82. The average molecular weight is 640 g/mol. The Labute approximate surface area is 215 Å². The van der Waals surface area contributed by atoms with Gasteiger partial charge in [-0.2, -0.15) is 0 Å². The third-order valence-electron chi connectivity index (χ3n) is 6.85. The molecule has 6 atom stereocenters. The number of hydrogen-bond donors (Lipinski definition) is 0. The van der Waals surface area contributed by atoms with Crippen LogP contribution in [-0.2, 0) is 14.3 Å². The van der Waals surface area contributed by atoms with Crippen molar-refractivity contribution >= 4 is 77.0 Å². The number of alkyl halides is 2. The Morgan fingerprint density at radius 1 is 0.848 bits per heavy atom. The molecule has 2 bridgehead atoms. The van der Waals surface area contributed by atoms with Gasteiger partial charge in [0.25, 0.3) is 0 Å². The highest BCUT2D eigenvalue weighted by atomic mass is 79.9. The van der Waals surface area contributed by atoms with Gasteiger partial charge in [0.1, 0.15) is 0 Å². The van der Waals surface area contributed by atoms with Crippen LogP contribution in [0.5, 0.6) is 0 Å². The number of ketones is 1. The van der Waals surface area contributed by atoms with E-state index in [4.69, 9.17) is 4.74 Å². The number of fused-ring (bicyclic) bond motifs is 5. The molecule has 0 radical (unpaired) electrons. The lowest BCUT2D eigenvalue weighted by Crippen LogP contribution is -2.37. The van der Waals surface area contributed by atoms with E-state index in [-0.39, 0.29) is 63.1 Å². The first-order chi connectivity index (χ1) is 15.8. The molecule has 2 aromatic carbocycles. The van der Waals surface area contributed by atoms with E-state index in [1.54, 1.807) is 36.4 Å². The molecule has 0 N–H and O–H groups in total. The van der Waals surface area contributed by atoms with Crippen molar-refractivity contribution in [3.05, 3.63) is 64.1 Å². The lowest BCUT2D eigenvalue weighted by Gasteiger charge is -2.28. The molecule has 5 rings (SSSR count). The lowest BCUT2D eigenvalue weighted by atomic mass is 9.81. The highest BCUT2D eigenvalue weighted by Gasteiger charge is 2.66. The number of amides is 2. The van der Waals surface area contributed by atoms with Gasteiger partial charge in [-0.15, -0.1) is 0 Å². The molecule has 33 heavy (non-hydrogen) atoms. The molecule has 0 unspecified atom stereocenters. The molecule has 3 fully saturated rings. The van der Waals surface area contributed by atoms with Crippen molar-refractivity contribution in [2.45, 2.75) is 16.1 Å². The van der Waals surface area contributed by atoms with Crippen LogP contribution in [0.3, 0.4) is 0 Å². The summed E-state index contributed by atoms with van der Waals surface area (Å²) in [4.78, 5) is 52.5. The summed E-state index contributed by atoms with van der Waals surface area (Å²) in [6, 6.07) is 12.9. The van der Waals surface area contributed by atoms with Crippen LogP contribution in [0.1, 0.15) is 27.1 Å². The second-order valence-electron chi connectivity index (χ2n) is 8.57. The first kappa shape index (κ1) is 22.9. The number of Topliss-reactive ketones (excluding diaryl/α,β-unsaturated/α-hetero) is 1. The summed E-state index contributed by atoms with van der Waals surface area (Å²) < 4.78 is 5.99. The summed E-state index contributed by atoms with van der Waals surface area (Å²) in [5, 5.41) is 0. The number of ether oxygens (including phenoxy) is 1. The van der Waals surface area contributed by atoms with Gasteiger partial charge in [0.05, 0.1) is 23.1 Å². The van der Waals surface area contributed by atoms with E-state index < -0.39 is 5.97 Å². The molecule has 2 amide bonds. The average Bonchev–Trinajstić information content (AvgIpc) is 3.42. The van der Waals surface area contributed by atoms with E-state index in [0.717, 1.165) is 10.9 Å². The van der Waals surface area contributed by atoms with Gasteiger partial charge in [-0.1, -0.05) is 59.9 Å². The van der Waals surface area contributed by atoms with Crippen LogP contribution < -0.4 is 4.90 Å². The van der Waals surface area contributed by atoms with Gasteiger partial charge in [-0.3, -0.25) is 19.3 Å². The van der Waals surface area contributed by atoms with Crippen LogP contribution >= 0.6 is 47.8 Å². The maximum atomic E-state index is 13.1. The zero-order valence-electron chi connectivity index (χ0n) is 17.1. The number of hydrogen-bond acceptors (Lipinski definition) is 5. The van der Waals surface area contributed by atoms with Crippen molar-refractivity contribution in [3.8, 4) is 0 Å². The maximum Gasteiger partial charge on any atom is 0.338 e. The molecule has 0 aromatic heterocycles. The van der Waals surface area contributed by atoms with Crippen molar-refractivity contribution < 1.29 is 23.9 Å². The third-order valence-corrected chi connectivity index (χ3v) is 10.6. The standard InChI is InChI=1S/C24H18Br3NO5/c25-13-5-1-11(2-6-13)17(29)10-33-24(32)12-3-7-14(8-4-12)28-22(30)18-15-9-16(19(18)23(28)31)21(27)20(15)26/h1-8,15-16,18-21H,9-10H2/t15-,16-,18-,19+,20-,21+/m1/s1. The summed E-state index contributed by atoms with van der Waals surface area (Å²) in [7, 11) is 0. The fourth-order valence-electron chi connectivity index (χ4n) is 5.28. The Kier molecular flexibility index (Phi) is 6.07. The molecule has 0 spiro atoms. The second-order valence-corrected chi connectivity index (χ2v) is 11.6. The minimum Gasteiger partial charge on any atom is -0.454 e. The monoisotopic (exact) mass is 637 g/mol. The molecular weight excluding hydrogens is 622 g/mol. The largest absolute Gasteiger partial charge is 0.454 e. The number of anilines is 1. The van der Waals surface area contributed by atoms with Crippen molar-refractivity contribution in [1.82, 2.24) is 0 Å². The molecule has 1 heterocycles. The summed E-state index contributed by atoms with van der Waals surface area (Å²) in [6.07, 6.45) is 0.871. The maximum absolute atomic E-state index is 13.1. The van der Waals surface area contributed by atoms with Gasteiger partial charge in [-0.05, 0) is 54.7 Å². The van der Waals surface area contributed by atoms with Gasteiger partial charge in [0.2, 0.25) is 11.8 Å². The highest BCUT2D eigenvalue weighted by molar-refractivity contribution is 9.12. The minimum atomic E-state index is -0.648. The fourth-order valence-corrected chi connectivity index (χ4v) is 7.42. The number of halogens is 3. The molecule has 2 saturated carbocycles. The molecule has 9 heteroatoms. The Bertz CT molecular complexity index is 1120. The molecular formula is C24H18Br3NO5. The van der Waals surface area contributed by atoms with Crippen molar-refractivity contribution in [3.63, 3.8) is 0 Å². The zero-order valence-corrected chi connectivity index (χ0v) is 21.9. The normalized spacial score (nSPS) is 30.0. The first-order valence-electron chi connectivity index (χ1n) is 10.5. The molecule has 6 nitrogen and oxygen atoms in total. The zero-order chi connectivity index (χ0) is 23.4. The van der Waals surface area contributed by atoms with Gasteiger partial charge < -0.3 is 4.74 Å². The minimum absolute atomic E-state index is 0.142. The van der Waals surface area contributed by atoms with Gasteiger partial charge in [0, 0.05) is 19.7 Å². The van der Waals surface area contributed by atoms with E-state index >= 15 is 0 Å². The summed E-state index contributed by atoms with van der Waals surface area (Å²) in [5.74, 6) is -1.60. The predicted octanol–water partition coefficient (Wildman–Crippen LogP) is 4.77. The summed E-state index contributed by atoms with van der Waals surface area (Å²) >= 11 is 10.7.